The van der Waals surface area contributed by atoms with Crippen molar-refractivity contribution in [3.63, 3.8) is 0 Å². The smallest absolute Gasteiger partial charge is 0.217 e. The Morgan fingerprint density at radius 1 is 1.62 bits per heavy atom. The van der Waals surface area contributed by atoms with Gasteiger partial charge in [-0.15, -0.1) is 0 Å². The van der Waals surface area contributed by atoms with Crippen LogP contribution in [0.1, 0.15) is 38.3 Å². The van der Waals surface area contributed by atoms with E-state index in [1.807, 2.05) is 17.1 Å². The van der Waals surface area contributed by atoms with E-state index >= 15 is 0 Å². The number of hydrogen-bond acceptors (Lipinski definition) is 3. The van der Waals surface area contributed by atoms with E-state index in [2.05, 4.69) is 24.3 Å². The van der Waals surface area contributed by atoms with Gasteiger partial charge in [0.2, 0.25) is 5.91 Å². The number of aromatic nitrogens is 2. The Kier molecular flexibility index (Phi) is 4.98. The number of carbonyl (C=O) groups excluding carboxylic acids is 1. The van der Waals surface area contributed by atoms with Crippen LogP contribution in [0.15, 0.2) is 12.4 Å². The first-order chi connectivity index (χ1) is 7.59. The minimum atomic E-state index is -0.241. The van der Waals surface area contributed by atoms with E-state index in [-0.39, 0.29) is 5.91 Å². The Balaban J connectivity index is 2.19. The lowest BCUT2D eigenvalue weighted by Gasteiger charge is -2.03. The summed E-state index contributed by atoms with van der Waals surface area (Å²) in [6.45, 7) is 5.77. The number of rotatable bonds is 7. The average Bonchev–Trinajstić information content (AvgIpc) is 2.65. The molecule has 5 nitrogen and oxygen atoms in total. The fourth-order valence-electron chi connectivity index (χ4n) is 1.37. The van der Waals surface area contributed by atoms with Crippen LogP contribution in [0.25, 0.3) is 0 Å². The predicted molar refractivity (Wildman–Crippen MR) is 62.7 cm³/mol. The van der Waals surface area contributed by atoms with Gasteiger partial charge in [-0.05, 0) is 26.8 Å². The van der Waals surface area contributed by atoms with E-state index in [0.717, 1.165) is 25.1 Å². The summed E-state index contributed by atoms with van der Waals surface area (Å²) in [5.74, 6) is -0.241. The summed E-state index contributed by atoms with van der Waals surface area (Å²) in [6, 6.07) is 0.392. The molecule has 0 unspecified atom stereocenters. The molecule has 0 saturated carbocycles. The van der Waals surface area contributed by atoms with E-state index in [1.54, 1.807) is 0 Å². The van der Waals surface area contributed by atoms with Gasteiger partial charge in [-0.2, -0.15) is 5.10 Å². The standard InChI is InChI=1S/C11H20N4O/c1-9(2)15-8-10(7-14-15)6-13-5-3-4-11(12)16/h7-9,13H,3-6H2,1-2H3,(H2,12,16). The monoisotopic (exact) mass is 224 g/mol. The minimum absolute atomic E-state index is 0.241. The number of amides is 1. The molecule has 0 bridgehead atoms. The second-order valence-electron chi connectivity index (χ2n) is 4.17. The Morgan fingerprint density at radius 3 is 2.94 bits per heavy atom. The fourth-order valence-corrected chi connectivity index (χ4v) is 1.37. The molecule has 1 amide bonds. The molecule has 90 valence electrons. The molecule has 3 N–H and O–H groups in total. The summed E-state index contributed by atoms with van der Waals surface area (Å²) in [5, 5.41) is 7.49. The van der Waals surface area contributed by atoms with Gasteiger partial charge in [-0.3, -0.25) is 9.48 Å². The van der Waals surface area contributed by atoms with Crippen molar-refractivity contribution in [2.45, 2.75) is 39.3 Å². The zero-order chi connectivity index (χ0) is 12.0. The number of nitrogens with two attached hydrogens (primary N) is 1. The molecule has 0 atom stereocenters. The van der Waals surface area contributed by atoms with Gasteiger partial charge in [-0.1, -0.05) is 0 Å². The molecule has 16 heavy (non-hydrogen) atoms. The van der Waals surface area contributed by atoms with Crippen LogP contribution in [0, 0.1) is 0 Å². The molecule has 0 spiro atoms. The normalized spacial score (nSPS) is 10.9. The van der Waals surface area contributed by atoms with Crippen molar-refractivity contribution in [2.75, 3.05) is 6.54 Å². The van der Waals surface area contributed by atoms with Crippen molar-refractivity contribution >= 4 is 5.91 Å². The molecular weight excluding hydrogens is 204 g/mol. The van der Waals surface area contributed by atoms with Crippen LogP contribution in [0.3, 0.4) is 0 Å². The van der Waals surface area contributed by atoms with E-state index in [1.165, 1.54) is 0 Å². The highest BCUT2D eigenvalue weighted by Gasteiger charge is 2.01. The zero-order valence-electron chi connectivity index (χ0n) is 9.94. The number of carbonyl (C=O) groups is 1. The van der Waals surface area contributed by atoms with Crippen molar-refractivity contribution in [3.05, 3.63) is 18.0 Å². The topological polar surface area (TPSA) is 72.9 Å². The maximum atomic E-state index is 10.5. The molecule has 1 heterocycles. The highest BCUT2D eigenvalue weighted by molar-refractivity contribution is 5.73. The lowest BCUT2D eigenvalue weighted by atomic mass is 10.3. The summed E-state index contributed by atoms with van der Waals surface area (Å²) >= 11 is 0. The second kappa shape index (κ2) is 6.27. The lowest BCUT2D eigenvalue weighted by molar-refractivity contribution is -0.118. The second-order valence-corrected chi connectivity index (χ2v) is 4.17. The summed E-state index contributed by atoms with van der Waals surface area (Å²) in [4.78, 5) is 10.5. The molecule has 0 aliphatic heterocycles. The van der Waals surface area contributed by atoms with Crippen LogP contribution in [-0.2, 0) is 11.3 Å². The SMILES string of the molecule is CC(C)n1cc(CNCCCC(N)=O)cn1. The molecule has 0 radical (unpaired) electrons. The maximum Gasteiger partial charge on any atom is 0.217 e. The van der Waals surface area contributed by atoms with Crippen molar-refractivity contribution in [3.8, 4) is 0 Å². The van der Waals surface area contributed by atoms with Gasteiger partial charge < -0.3 is 11.1 Å². The summed E-state index contributed by atoms with van der Waals surface area (Å²) in [5.41, 5.74) is 6.20. The maximum absolute atomic E-state index is 10.5. The Morgan fingerprint density at radius 2 is 2.38 bits per heavy atom. The molecular formula is C11H20N4O. The van der Waals surface area contributed by atoms with Gasteiger partial charge in [0, 0.05) is 30.8 Å². The molecule has 0 saturated heterocycles. The van der Waals surface area contributed by atoms with Crippen molar-refractivity contribution in [1.29, 1.82) is 0 Å². The van der Waals surface area contributed by atoms with Crippen LogP contribution in [0.2, 0.25) is 0 Å². The minimum Gasteiger partial charge on any atom is -0.370 e. The number of hydrogen-bond donors (Lipinski definition) is 2. The van der Waals surface area contributed by atoms with Gasteiger partial charge >= 0.3 is 0 Å². The third-order valence-corrected chi connectivity index (χ3v) is 2.29. The highest BCUT2D eigenvalue weighted by Crippen LogP contribution is 2.04. The van der Waals surface area contributed by atoms with Crippen LogP contribution in [-0.4, -0.2) is 22.2 Å². The highest BCUT2D eigenvalue weighted by atomic mass is 16.1. The third-order valence-electron chi connectivity index (χ3n) is 2.29. The Bertz CT molecular complexity index is 332. The van der Waals surface area contributed by atoms with Crippen LogP contribution >= 0.6 is 0 Å². The molecule has 1 aromatic heterocycles. The summed E-state index contributed by atoms with van der Waals surface area (Å²) in [6.07, 6.45) is 5.12. The first-order valence-corrected chi connectivity index (χ1v) is 5.61. The average molecular weight is 224 g/mol. The zero-order valence-corrected chi connectivity index (χ0v) is 9.94. The summed E-state index contributed by atoms with van der Waals surface area (Å²) in [7, 11) is 0. The van der Waals surface area contributed by atoms with E-state index < -0.39 is 0 Å². The van der Waals surface area contributed by atoms with Crippen LogP contribution in [0.4, 0.5) is 0 Å². The Hall–Kier alpha value is -1.36. The summed E-state index contributed by atoms with van der Waals surface area (Å²) < 4.78 is 1.93. The van der Waals surface area contributed by atoms with E-state index in [4.69, 9.17) is 5.73 Å². The fraction of sp³-hybridized carbons (Fsp3) is 0.636. The predicted octanol–water partition coefficient (Wildman–Crippen LogP) is 0.819. The number of nitrogens with one attached hydrogen (secondary N) is 1. The van der Waals surface area contributed by atoms with Gasteiger partial charge in [0.05, 0.1) is 6.20 Å². The van der Waals surface area contributed by atoms with Gasteiger partial charge in [0.1, 0.15) is 0 Å². The lowest BCUT2D eigenvalue weighted by Crippen LogP contribution is -2.17. The van der Waals surface area contributed by atoms with Crippen molar-refractivity contribution in [2.24, 2.45) is 5.73 Å². The Labute approximate surface area is 96.0 Å². The molecule has 0 aliphatic carbocycles. The molecule has 1 rings (SSSR count). The molecule has 1 aromatic rings. The first-order valence-electron chi connectivity index (χ1n) is 5.61. The van der Waals surface area contributed by atoms with Gasteiger partial charge in [0.15, 0.2) is 0 Å². The number of nitrogens with zero attached hydrogens (tertiary/aromatic N) is 2. The van der Waals surface area contributed by atoms with Gasteiger partial charge in [-0.25, -0.2) is 0 Å². The van der Waals surface area contributed by atoms with Gasteiger partial charge in [0.25, 0.3) is 0 Å². The molecule has 0 fully saturated rings. The van der Waals surface area contributed by atoms with E-state index in [9.17, 15) is 4.79 Å². The molecule has 0 aliphatic rings. The van der Waals surface area contributed by atoms with Crippen molar-refractivity contribution < 1.29 is 4.79 Å². The van der Waals surface area contributed by atoms with E-state index in [0.29, 0.717) is 12.5 Å². The van der Waals surface area contributed by atoms with Crippen molar-refractivity contribution in [1.82, 2.24) is 15.1 Å². The van der Waals surface area contributed by atoms with Crippen LogP contribution in [0.5, 0.6) is 0 Å². The molecule has 0 aromatic carbocycles. The number of primary amides is 1. The largest absolute Gasteiger partial charge is 0.370 e. The molecule has 5 heteroatoms. The quantitative estimate of drug-likeness (QED) is 0.673. The first kappa shape index (κ1) is 12.7. The van der Waals surface area contributed by atoms with Crippen LogP contribution < -0.4 is 11.1 Å². The third kappa shape index (κ3) is 4.44.